The molecule has 6 nitrogen and oxygen atoms in total. The molecule has 0 radical (unpaired) electrons. The van der Waals surface area contributed by atoms with E-state index in [1.807, 2.05) is 30.3 Å². The minimum absolute atomic E-state index is 0.289. The number of nitrogens with one attached hydrogen (secondary N) is 1. The third-order valence-electron chi connectivity index (χ3n) is 4.34. The summed E-state index contributed by atoms with van der Waals surface area (Å²) < 4.78 is 10.8. The van der Waals surface area contributed by atoms with Gasteiger partial charge in [-0.2, -0.15) is 5.26 Å². The lowest BCUT2D eigenvalue weighted by molar-refractivity contribution is 0.174. The molecule has 6 heteroatoms. The Morgan fingerprint density at radius 3 is 3.04 bits per heavy atom. The molecular weight excluding hydrogens is 304 g/mol. The molecule has 1 aromatic carbocycles. The van der Waals surface area contributed by atoms with Crippen LogP contribution in [0.15, 0.2) is 36.4 Å². The van der Waals surface area contributed by atoms with Gasteiger partial charge in [0, 0.05) is 30.9 Å². The van der Waals surface area contributed by atoms with Gasteiger partial charge < -0.3 is 19.7 Å². The third-order valence-corrected chi connectivity index (χ3v) is 4.34. The number of fused-ring (bicyclic) bond motifs is 1. The van der Waals surface area contributed by atoms with E-state index >= 15 is 0 Å². The average Bonchev–Trinajstić information content (AvgIpc) is 3.10. The van der Waals surface area contributed by atoms with Crippen molar-refractivity contribution < 1.29 is 9.47 Å². The highest BCUT2D eigenvalue weighted by molar-refractivity contribution is 5.56. The molecule has 1 N–H and O–H groups in total. The second-order valence-corrected chi connectivity index (χ2v) is 5.99. The normalized spacial score (nSPS) is 19.0. The van der Waals surface area contributed by atoms with Crippen molar-refractivity contribution in [2.45, 2.75) is 18.9 Å². The molecule has 0 bridgehead atoms. The summed E-state index contributed by atoms with van der Waals surface area (Å²) in [6.45, 7) is 2.11. The van der Waals surface area contributed by atoms with E-state index in [9.17, 15) is 0 Å². The van der Waals surface area contributed by atoms with Gasteiger partial charge in [0.25, 0.3) is 0 Å². The van der Waals surface area contributed by atoms with Crippen molar-refractivity contribution in [1.82, 2.24) is 4.98 Å². The second-order valence-electron chi connectivity index (χ2n) is 5.99. The number of aromatic nitrogens is 1. The van der Waals surface area contributed by atoms with Crippen molar-refractivity contribution in [2.75, 3.05) is 30.1 Å². The van der Waals surface area contributed by atoms with E-state index in [-0.39, 0.29) is 6.79 Å². The van der Waals surface area contributed by atoms with Crippen LogP contribution < -0.4 is 19.7 Å². The number of hydrogen-bond donors (Lipinski definition) is 1. The first-order chi connectivity index (χ1) is 11.8. The summed E-state index contributed by atoms with van der Waals surface area (Å²) in [4.78, 5) is 6.64. The number of hydrogen-bond acceptors (Lipinski definition) is 6. The molecule has 2 aliphatic heterocycles. The predicted molar refractivity (Wildman–Crippen MR) is 90.4 cm³/mol. The Bertz CT molecular complexity index is 787. The summed E-state index contributed by atoms with van der Waals surface area (Å²) >= 11 is 0. The lowest BCUT2D eigenvalue weighted by Crippen LogP contribution is -2.42. The quantitative estimate of drug-likeness (QED) is 0.937. The first kappa shape index (κ1) is 14.6. The first-order valence-electron chi connectivity index (χ1n) is 8.10. The fourth-order valence-corrected chi connectivity index (χ4v) is 3.19. The van der Waals surface area contributed by atoms with E-state index in [0.29, 0.717) is 11.7 Å². The van der Waals surface area contributed by atoms with Gasteiger partial charge in [0.15, 0.2) is 11.5 Å². The Balaban J connectivity index is 1.46. The Hall–Kier alpha value is -2.94. The number of anilines is 2. The molecule has 1 saturated heterocycles. The van der Waals surface area contributed by atoms with Gasteiger partial charge in [-0.25, -0.2) is 4.98 Å². The van der Waals surface area contributed by atoms with Crippen molar-refractivity contribution in [3.05, 3.63) is 42.1 Å². The van der Waals surface area contributed by atoms with Gasteiger partial charge in [-0.05, 0) is 37.1 Å². The van der Waals surface area contributed by atoms with Crippen molar-refractivity contribution in [2.24, 2.45) is 0 Å². The van der Waals surface area contributed by atoms with Gasteiger partial charge >= 0.3 is 0 Å². The SMILES string of the molecule is N#Cc1cccc(N2CCCC(Nc3ccc4c(c3)OCO4)C2)n1. The minimum Gasteiger partial charge on any atom is -0.454 e. The molecule has 1 unspecified atom stereocenters. The van der Waals surface area contributed by atoms with Gasteiger partial charge in [-0.1, -0.05) is 6.07 Å². The third kappa shape index (κ3) is 2.93. The monoisotopic (exact) mass is 322 g/mol. The maximum Gasteiger partial charge on any atom is 0.231 e. The number of nitrogens with zero attached hydrogens (tertiary/aromatic N) is 3. The molecule has 4 rings (SSSR count). The molecule has 0 spiro atoms. The fraction of sp³-hybridized carbons (Fsp3) is 0.333. The summed E-state index contributed by atoms with van der Waals surface area (Å²) in [5.74, 6) is 2.45. The highest BCUT2D eigenvalue weighted by atomic mass is 16.7. The lowest BCUT2D eigenvalue weighted by atomic mass is 10.1. The molecule has 0 saturated carbocycles. The maximum absolute atomic E-state index is 9.02. The summed E-state index contributed by atoms with van der Waals surface area (Å²) in [5.41, 5.74) is 1.49. The molecule has 0 aliphatic carbocycles. The fourth-order valence-electron chi connectivity index (χ4n) is 3.19. The Labute approximate surface area is 140 Å². The van der Waals surface area contributed by atoms with Gasteiger partial charge in [0.1, 0.15) is 17.6 Å². The molecule has 2 aromatic rings. The zero-order chi connectivity index (χ0) is 16.4. The van der Waals surface area contributed by atoms with Crippen LogP contribution in [0, 0.1) is 11.3 Å². The summed E-state index contributed by atoms with van der Waals surface area (Å²) in [5, 5.41) is 12.6. The molecule has 1 fully saturated rings. The molecule has 1 aromatic heterocycles. The number of benzene rings is 1. The van der Waals surface area contributed by atoms with Crippen LogP contribution in [0.1, 0.15) is 18.5 Å². The molecule has 1 atom stereocenters. The minimum atomic E-state index is 0.289. The summed E-state index contributed by atoms with van der Waals surface area (Å²) in [7, 11) is 0. The van der Waals surface area contributed by atoms with Gasteiger partial charge in [0.2, 0.25) is 6.79 Å². The van der Waals surface area contributed by atoms with Crippen molar-refractivity contribution in [3.63, 3.8) is 0 Å². The van der Waals surface area contributed by atoms with Crippen LogP contribution in [-0.2, 0) is 0 Å². The van der Waals surface area contributed by atoms with E-state index < -0.39 is 0 Å². The zero-order valence-corrected chi connectivity index (χ0v) is 13.2. The van der Waals surface area contributed by atoms with Crippen molar-refractivity contribution >= 4 is 11.5 Å². The van der Waals surface area contributed by atoms with E-state index in [2.05, 4.69) is 21.3 Å². The molecular formula is C18H18N4O2. The van der Waals surface area contributed by atoms with Crippen molar-refractivity contribution in [1.29, 1.82) is 5.26 Å². The molecule has 0 amide bonds. The van der Waals surface area contributed by atoms with Crippen LogP contribution in [0.25, 0.3) is 0 Å². The smallest absolute Gasteiger partial charge is 0.231 e. The summed E-state index contributed by atoms with van der Waals surface area (Å²) in [6.07, 6.45) is 2.18. The highest BCUT2D eigenvalue weighted by Crippen LogP contribution is 2.34. The molecule has 24 heavy (non-hydrogen) atoms. The topological polar surface area (TPSA) is 70.4 Å². The van der Waals surface area contributed by atoms with Crippen LogP contribution in [-0.4, -0.2) is 30.9 Å². The van der Waals surface area contributed by atoms with E-state index in [1.165, 1.54) is 0 Å². The van der Waals surface area contributed by atoms with Gasteiger partial charge in [0.05, 0.1) is 0 Å². The zero-order valence-electron chi connectivity index (χ0n) is 13.2. The number of nitriles is 1. The number of rotatable bonds is 3. The number of pyridine rings is 1. The Morgan fingerprint density at radius 2 is 2.12 bits per heavy atom. The number of piperidine rings is 1. The molecule has 122 valence electrons. The van der Waals surface area contributed by atoms with Crippen LogP contribution >= 0.6 is 0 Å². The Kier molecular flexibility index (Phi) is 3.83. The second kappa shape index (κ2) is 6.28. The summed E-state index contributed by atoms with van der Waals surface area (Å²) in [6, 6.07) is 13.9. The molecule has 2 aliphatic rings. The van der Waals surface area contributed by atoms with Crippen LogP contribution in [0.4, 0.5) is 11.5 Å². The lowest BCUT2D eigenvalue weighted by Gasteiger charge is -2.34. The largest absolute Gasteiger partial charge is 0.454 e. The number of ether oxygens (including phenoxy) is 2. The van der Waals surface area contributed by atoms with Crippen molar-refractivity contribution in [3.8, 4) is 17.6 Å². The average molecular weight is 322 g/mol. The van der Waals surface area contributed by atoms with Crippen LogP contribution in [0.2, 0.25) is 0 Å². The standard InChI is InChI=1S/C18H18N4O2/c19-10-14-3-1-5-18(21-14)22-8-2-4-15(11-22)20-13-6-7-16-17(9-13)24-12-23-16/h1,3,5-7,9,15,20H,2,4,8,11-12H2. The van der Waals surface area contributed by atoms with Crippen LogP contribution in [0.5, 0.6) is 11.5 Å². The Morgan fingerprint density at radius 1 is 1.21 bits per heavy atom. The van der Waals surface area contributed by atoms with Crippen LogP contribution in [0.3, 0.4) is 0 Å². The highest BCUT2D eigenvalue weighted by Gasteiger charge is 2.22. The van der Waals surface area contributed by atoms with Gasteiger partial charge in [-0.3, -0.25) is 0 Å². The van der Waals surface area contributed by atoms with E-state index in [1.54, 1.807) is 6.07 Å². The van der Waals surface area contributed by atoms with E-state index in [4.69, 9.17) is 14.7 Å². The first-order valence-corrected chi connectivity index (χ1v) is 8.10. The van der Waals surface area contributed by atoms with E-state index in [0.717, 1.165) is 48.9 Å². The van der Waals surface area contributed by atoms with Gasteiger partial charge in [-0.15, -0.1) is 0 Å². The predicted octanol–water partition coefficient (Wildman–Crippen LogP) is 2.76. The maximum atomic E-state index is 9.02. The molecule has 3 heterocycles.